The predicted octanol–water partition coefficient (Wildman–Crippen LogP) is 7.71. The third kappa shape index (κ3) is 7.28. The molecule has 0 bridgehead atoms. The second-order valence-corrected chi connectivity index (χ2v) is 9.11. The number of thioether (sulfide) groups is 1. The molecule has 1 aliphatic heterocycles. The van der Waals surface area contributed by atoms with Gasteiger partial charge in [0.05, 0.1) is 10.5 Å². The van der Waals surface area contributed by atoms with E-state index in [1.54, 1.807) is 36.4 Å². The van der Waals surface area contributed by atoms with Gasteiger partial charge in [0.1, 0.15) is 11.5 Å². The molecule has 0 spiro atoms. The predicted molar refractivity (Wildman–Crippen MR) is 149 cm³/mol. The van der Waals surface area contributed by atoms with Crippen LogP contribution in [0.25, 0.3) is 17.4 Å². The minimum absolute atomic E-state index is 0.00848. The van der Waals surface area contributed by atoms with Crippen molar-refractivity contribution in [2.24, 2.45) is 5.92 Å². The molecular formula is C28H29NO4S2. The number of rotatable bonds is 8. The number of nitrogens with zero attached hydrogens (tertiary/aromatic N) is 1. The number of allylic oxidation sites excluding steroid dienone is 5. The molecule has 1 fully saturated rings. The molecule has 0 saturated carbocycles. The van der Waals surface area contributed by atoms with Gasteiger partial charge in [0.25, 0.3) is 5.91 Å². The summed E-state index contributed by atoms with van der Waals surface area (Å²) in [5.41, 5.74) is 1.75. The molecule has 1 unspecified atom stereocenters. The largest absolute Gasteiger partial charge is 0.478 e. The van der Waals surface area contributed by atoms with Crippen molar-refractivity contribution in [1.82, 2.24) is 4.90 Å². The molecule has 35 heavy (non-hydrogen) atoms. The first-order valence-corrected chi connectivity index (χ1v) is 12.2. The maximum Gasteiger partial charge on any atom is 0.335 e. The van der Waals surface area contributed by atoms with Crippen LogP contribution in [-0.2, 0) is 4.79 Å². The van der Waals surface area contributed by atoms with E-state index in [0.717, 1.165) is 17.7 Å². The van der Waals surface area contributed by atoms with Crippen LogP contribution in [0.5, 0.6) is 0 Å². The van der Waals surface area contributed by atoms with E-state index < -0.39 is 5.97 Å². The number of carboxylic acids is 1. The van der Waals surface area contributed by atoms with Crippen LogP contribution in [0.15, 0.2) is 95.0 Å². The fourth-order valence-electron chi connectivity index (χ4n) is 3.13. The van der Waals surface area contributed by atoms with Crippen molar-refractivity contribution in [2.75, 3.05) is 0 Å². The highest BCUT2D eigenvalue weighted by Gasteiger charge is 2.35. The molecule has 1 N–H and O–H groups in total. The van der Waals surface area contributed by atoms with Crippen LogP contribution in [0.4, 0.5) is 0 Å². The molecule has 2 aromatic rings. The minimum Gasteiger partial charge on any atom is -0.478 e. The van der Waals surface area contributed by atoms with E-state index in [1.807, 2.05) is 39.0 Å². The summed E-state index contributed by atoms with van der Waals surface area (Å²) in [6.45, 7) is 13.2. The van der Waals surface area contributed by atoms with Gasteiger partial charge >= 0.3 is 5.97 Å². The number of furan rings is 1. The highest BCUT2D eigenvalue weighted by molar-refractivity contribution is 8.26. The average molecular weight is 508 g/mol. The molecule has 1 atom stereocenters. The maximum absolute atomic E-state index is 12.9. The van der Waals surface area contributed by atoms with Crippen molar-refractivity contribution in [3.8, 4) is 11.3 Å². The second-order valence-electron chi connectivity index (χ2n) is 7.43. The summed E-state index contributed by atoms with van der Waals surface area (Å²) in [5, 5.41) is 8.99. The van der Waals surface area contributed by atoms with Crippen molar-refractivity contribution < 1.29 is 19.1 Å². The Morgan fingerprint density at radius 3 is 2.40 bits per heavy atom. The first-order valence-electron chi connectivity index (χ1n) is 11.0. The summed E-state index contributed by atoms with van der Waals surface area (Å²) in [6.07, 6.45) is 12.3. The Morgan fingerprint density at radius 2 is 1.89 bits per heavy atom. The molecule has 1 aromatic heterocycles. The van der Waals surface area contributed by atoms with E-state index in [2.05, 4.69) is 19.2 Å². The lowest BCUT2D eigenvalue weighted by Gasteiger charge is -2.21. The van der Waals surface area contributed by atoms with E-state index in [-0.39, 0.29) is 17.4 Å². The van der Waals surface area contributed by atoms with Gasteiger partial charge in [0.15, 0.2) is 4.32 Å². The van der Waals surface area contributed by atoms with Gasteiger partial charge in [0.2, 0.25) is 0 Å². The van der Waals surface area contributed by atoms with E-state index in [9.17, 15) is 9.59 Å². The molecule has 182 valence electrons. The molecule has 1 aliphatic rings. The smallest absolute Gasteiger partial charge is 0.335 e. The number of carboxylic acid groups (broad SMARTS) is 1. The Bertz CT molecular complexity index is 1190. The van der Waals surface area contributed by atoms with Crippen molar-refractivity contribution >= 4 is 46.3 Å². The van der Waals surface area contributed by atoms with E-state index in [0.29, 0.717) is 20.7 Å². The molecule has 1 saturated heterocycles. The Balaban J connectivity index is 0.000000641. The zero-order chi connectivity index (χ0) is 26.0. The monoisotopic (exact) mass is 507 g/mol. The van der Waals surface area contributed by atoms with Gasteiger partial charge in [-0.25, -0.2) is 4.79 Å². The van der Waals surface area contributed by atoms with Crippen LogP contribution in [0.3, 0.4) is 0 Å². The van der Waals surface area contributed by atoms with Crippen LogP contribution in [0.2, 0.25) is 0 Å². The lowest BCUT2D eigenvalue weighted by atomic mass is 10.1. The van der Waals surface area contributed by atoms with E-state index in [4.69, 9.17) is 21.7 Å². The minimum atomic E-state index is -0.981. The molecule has 5 nitrogen and oxygen atoms in total. The molecular weight excluding hydrogens is 478 g/mol. The summed E-state index contributed by atoms with van der Waals surface area (Å²) in [7, 11) is 0. The van der Waals surface area contributed by atoms with Crippen LogP contribution in [0.1, 0.15) is 43.3 Å². The Kier molecular flexibility index (Phi) is 10.7. The van der Waals surface area contributed by atoms with Gasteiger partial charge in [-0.1, -0.05) is 73.4 Å². The highest BCUT2D eigenvalue weighted by atomic mass is 32.2. The van der Waals surface area contributed by atoms with Crippen LogP contribution >= 0.6 is 24.0 Å². The fraction of sp³-hybridized carbons (Fsp3) is 0.179. The van der Waals surface area contributed by atoms with Gasteiger partial charge < -0.3 is 9.52 Å². The topological polar surface area (TPSA) is 70.8 Å². The number of aromatic carboxylic acids is 1. The number of carbonyl (C=O) groups is 2. The van der Waals surface area contributed by atoms with E-state index >= 15 is 0 Å². The number of carbonyl (C=O) groups excluding carboxylic acids is 1. The highest BCUT2D eigenvalue weighted by Crippen LogP contribution is 2.37. The van der Waals surface area contributed by atoms with Gasteiger partial charge in [0, 0.05) is 23.3 Å². The molecule has 0 radical (unpaired) electrons. The quantitative estimate of drug-likeness (QED) is 0.224. The first-order chi connectivity index (χ1) is 16.8. The zero-order valence-corrected chi connectivity index (χ0v) is 21.7. The summed E-state index contributed by atoms with van der Waals surface area (Å²) in [4.78, 5) is 25.9. The maximum atomic E-state index is 12.9. The summed E-state index contributed by atoms with van der Waals surface area (Å²) in [5.74, 6) is -0.0823. The standard InChI is InChI=1S/C22H19NO4S2.C6H10/c1-4-13(3)17(5-2)23-20(24)19(29-22(23)28)12-16-10-11-18(27-16)14-6-8-15(9-7-14)21(25)26;1-3-5-6-4-2/h4-13H,1H2,2-3H3,(H,25,26);3-4,6H,1,5H2,2H3/b17-5+,19-12-;6-4-. The number of hydrogen-bond acceptors (Lipinski definition) is 5. The normalized spacial score (nSPS) is 15.8. The van der Waals surface area contributed by atoms with Crippen LogP contribution < -0.4 is 0 Å². The molecule has 1 amide bonds. The number of benzene rings is 1. The first kappa shape index (κ1) is 27.8. The van der Waals surface area contributed by atoms with Gasteiger partial charge in [-0.15, -0.1) is 13.2 Å². The Morgan fingerprint density at radius 1 is 1.20 bits per heavy atom. The lowest BCUT2D eigenvalue weighted by molar-refractivity contribution is -0.121. The lowest BCUT2D eigenvalue weighted by Crippen LogP contribution is -2.29. The molecule has 1 aromatic carbocycles. The van der Waals surface area contributed by atoms with Crippen molar-refractivity contribution in [2.45, 2.75) is 27.2 Å². The Labute approximate surface area is 216 Å². The summed E-state index contributed by atoms with van der Waals surface area (Å²) < 4.78 is 6.30. The van der Waals surface area contributed by atoms with Crippen LogP contribution in [0, 0.1) is 5.92 Å². The third-order valence-electron chi connectivity index (χ3n) is 5.02. The molecule has 0 aliphatic carbocycles. The second kappa shape index (κ2) is 13.5. The molecule has 7 heteroatoms. The molecule has 3 rings (SSSR count). The number of amides is 1. The van der Waals surface area contributed by atoms with Gasteiger partial charge in [-0.05, 0) is 44.5 Å². The summed E-state index contributed by atoms with van der Waals surface area (Å²) in [6, 6.07) is 9.94. The van der Waals surface area contributed by atoms with Crippen molar-refractivity contribution in [3.05, 3.63) is 102 Å². The van der Waals surface area contributed by atoms with Crippen molar-refractivity contribution in [3.63, 3.8) is 0 Å². The molecule has 2 heterocycles. The SMILES string of the molecule is C=CC(C)/C(=C\C)N1C(=O)/C(=C/c2ccc(-c3ccc(C(=O)O)cc3)o2)SC1=S.C=CC/C=C\C. The number of hydrogen-bond donors (Lipinski definition) is 1. The zero-order valence-electron chi connectivity index (χ0n) is 20.1. The summed E-state index contributed by atoms with van der Waals surface area (Å²) >= 11 is 6.64. The van der Waals surface area contributed by atoms with Gasteiger partial charge in [-0.2, -0.15) is 0 Å². The van der Waals surface area contributed by atoms with E-state index in [1.165, 1.54) is 28.8 Å². The van der Waals surface area contributed by atoms with Gasteiger partial charge in [-0.3, -0.25) is 9.69 Å². The van der Waals surface area contributed by atoms with Crippen molar-refractivity contribution in [1.29, 1.82) is 0 Å². The third-order valence-corrected chi connectivity index (χ3v) is 6.32. The Hall–Kier alpha value is -3.42. The fourth-order valence-corrected chi connectivity index (χ4v) is 4.41. The number of thiocarbonyl (C=S) groups is 1. The average Bonchev–Trinajstić information content (AvgIpc) is 3.43. The van der Waals surface area contributed by atoms with Crippen LogP contribution in [-0.4, -0.2) is 26.2 Å².